The van der Waals surface area contributed by atoms with Crippen LogP contribution in [0.3, 0.4) is 0 Å². The van der Waals surface area contributed by atoms with E-state index in [2.05, 4.69) is 11.4 Å². The van der Waals surface area contributed by atoms with Crippen molar-refractivity contribution in [3.8, 4) is 6.07 Å². The molecule has 0 unspecified atom stereocenters. The molecule has 1 saturated heterocycles. The number of benzene rings is 3. The maximum absolute atomic E-state index is 13.2. The summed E-state index contributed by atoms with van der Waals surface area (Å²) in [5.41, 5.74) is 2.34. The largest absolute Gasteiger partial charge is 0.416 e. The normalized spacial score (nSPS) is 14.6. The summed E-state index contributed by atoms with van der Waals surface area (Å²) in [6.45, 7) is 2.12. The molecule has 2 heterocycles. The molecule has 204 valence electrons. The summed E-state index contributed by atoms with van der Waals surface area (Å²) in [7, 11) is 0. The number of halogens is 3. The van der Waals surface area contributed by atoms with Crippen molar-refractivity contribution < 1.29 is 18.0 Å². The molecule has 0 saturated carbocycles. The Kier molecular flexibility index (Phi) is 7.82. The van der Waals surface area contributed by atoms with Crippen molar-refractivity contribution >= 4 is 28.4 Å². The molecule has 7 nitrogen and oxygen atoms in total. The molecular weight excluding hydrogens is 517 g/mol. The van der Waals surface area contributed by atoms with Gasteiger partial charge >= 0.3 is 6.18 Å². The topological polar surface area (TPSA) is 85.1 Å². The molecule has 4 aromatic rings. The number of anilines is 2. The van der Waals surface area contributed by atoms with Gasteiger partial charge in [0.15, 0.2) is 11.7 Å². The molecule has 10 heteroatoms. The van der Waals surface area contributed by atoms with E-state index in [0.29, 0.717) is 61.7 Å². The molecule has 0 bridgehead atoms. The summed E-state index contributed by atoms with van der Waals surface area (Å²) >= 11 is 0. The highest BCUT2D eigenvalue weighted by Crippen LogP contribution is 2.33. The molecule has 1 atom stereocenters. The van der Waals surface area contributed by atoms with Crippen LogP contribution in [0.15, 0.2) is 78.9 Å². The number of hydrogen-bond donors (Lipinski definition) is 1. The van der Waals surface area contributed by atoms with E-state index in [4.69, 9.17) is 9.97 Å². The van der Waals surface area contributed by atoms with Crippen molar-refractivity contribution in [2.45, 2.75) is 18.5 Å². The van der Waals surface area contributed by atoms with Gasteiger partial charge in [0.25, 0.3) is 0 Å². The summed E-state index contributed by atoms with van der Waals surface area (Å²) in [5.74, 6) is -1.19. The fraction of sp³-hybridized carbons (Fsp3) is 0.267. The van der Waals surface area contributed by atoms with Gasteiger partial charge in [0.1, 0.15) is 5.69 Å². The van der Waals surface area contributed by atoms with Gasteiger partial charge in [-0.3, -0.25) is 4.79 Å². The van der Waals surface area contributed by atoms with Crippen molar-refractivity contribution in [1.29, 1.82) is 5.26 Å². The smallest absolute Gasteiger partial charge is 0.368 e. The number of nitrogens with zero attached hydrogens (tertiary/aromatic N) is 5. The highest BCUT2D eigenvalue weighted by atomic mass is 19.4. The van der Waals surface area contributed by atoms with Gasteiger partial charge < -0.3 is 15.1 Å². The lowest BCUT2D eigenvalue weighted by Crippen LogP contribution is -2.47. The van der Waals surface area contributed by atoms with Crippen molar-refractivity contribution in [2.24, 2.45) is 0 Å². The SMILES string of the molecule is N#C[C@@H](C(=O)NCCc1ccccc1)c1nc2ccccc2nc1N1CCN(c2cccc(C(F)(F)F)c2)CC1. The Morgan fingerprint density at radius 1 is 0.900 bits per heavy atom. The third-order valence-corrected chi connectivity index (χ3v) is 6.92. The quantitative estimate of drug-likeness (QED) is 0.355. The Labute approximate surface area is 229 Å². The van der Waals surface area contributed by atoms with Gasteiger partial charge in [0.05, 0.1) is 22.7 Å². The van der Waals surface area contributed by atoms with Crippen molar-refractivity contribution in [1.82, 2.24) is 15.3 Å². The van der Waals surface area contributed by atoms with Crippen LogP contribution in [0.1, 0.15) is 22.7 Å². The van der Waals surface area contributed by atoms with Crippen LogP contribution in [0.25, 0.3) is 11.0 Å². The molecule has 0 aliphatic carbocycles. The fourth-order valence-electron chi connectivity index (χ4n) is 4.81. The first kappa shape index (κ1) is 26.9. The van der Waals surface area contributed by atoms with Crippen molar-refractivity contribution in [2.75, 3.05) is 42.5 Å². The molecule has 1 amide bonds. The van der Waals surface area contributed by atoms with Gasteiger partial charge in [-0.25, -0.2) is 9.97 Å². The Balaban J connectivity index is 1.36. The number of carbonyl (C=O) groups excluding carboxylic acids is 1. The van der Waals surface area contributed by atoms with E-state index in [1.807, 2.05) is 58.3 Å². The van der Waals surface area contributed by atoms with Crippen LogP contribution in [-0.2, 0) is 17.4 Å². The van der Waals surface area contributed by atoms with Crippen molar-refractivity contribution in [3.05, 3.63) is 95.7 Å². The van der Waals surface area contributed by atoms with Gasteiger partial charge in [0.2, 0.25) is 5.91 Å². The monoisotopic (exact) mass is 544 g/mol. The lowest BCUT2D eigenvalue weighted by atomic mass is 10.0. The Hall–Kier alpha value is -4.65. The summed E-state index contributed by atoms with van der Waals surface area (Å²) in [5, 5.41) is 12.9. The Morgan fingerprint density at radius 3 is 2.23 bits per heavy atom. The van der Waals surface area contributed by atoms with Gasteiger partial charge in [-0.1, -0.05) is 48.5 Å². The van der Waals surface area contributed by atoms with E-state index in [1.54, 1.807) is 12.1 Å². The molecule has 0 radical (unpaired) electrons. The molecule has 1 N–H and O–H groups in total. The number of rotatable bonds is 7. The van der Waals surface area contributed by atoms with Gasteiger partial charge in [-0.15, -0.1) is 0 Å². The zero-order valence-electron chi connectivity index (χ0n) is 21.6. The zero-order chi connectivity index (χ0) is 28.1. The van der Waals surface area contributed by atoms with Gasteiger partial charge in [0, 0.05) is 38.4 Å². The third-order valence-electron chi connectivity index (χ3n) is 6.92. The van der Waals surface area contributed by atoms with E-state index in [-0.39, 0.29) is 5.69 Å². The summed E-state index contributed by atoms with van der Waals surface area (Å²) in [4.78, 5) is 26.5. The van der Waals surface area contributed by atoms with E-state index < -0.39 is 23.6 Å². The van der Waals surface area contributed by atoms with E-state index >= 15 is 0 Å². The molecule has 40 heavy (non-hydrogen) atoms. The second-order valence-electron chi connectivity index (χ2n) is 9.53. The van der Waals surface area contributed by atoms with Crippen LogP contribution in [0.5, 0.6) is 0 Å². The summed E-state index contributed by atoms with van der Waals surface area (Å²) < 4.78 is 39.7. The van der Waals surface area contributed by atoms with Crippen LogP contribution in [0, 0.1) is 11.3 Å². The van der Waals surface area contributed by atoms with Crippen LogP contribution in [0.2, 0.25) is 0 Å². The summed E-state index contributed by atoms with van der Waals surface area (Å²) in [6.07, 6.45) is -3.79. The molecule has 0 spiro atoms. The second-order valence-corrected chi connectivity index (χ2v) is 9.53. The third kappa shape index (κ3) is 5.99. The van der Waals surface area contributed by atoms with E-state index in [1.165, 1.54) is 6.07 Å². The predicted molar refractivity (Wildman–Crippen MR) is 147 cm³/mol. The van der Waals surface area contributed by atoms with Crippen LogP contribution in [0.4, 0.5) is 24.7 Å². The molecule has 1 aliphatic heterocycles. The van der Waals surface area contributed by atoms with Gasteiger partial charge in [-0.2, -0.15) is 18.4 Å². The number of amides is 1. The zero-order valence-corrected chi connectivity index (χ0v) is 21.6. The molecular formula is C30H27F3N6O. The van der Waals surface area contributed by atoms with Crippen LogP contribution in [-0.4, -0.2) is 48.6 Å². The van der Waals surface area contributed by atoms with Crippen LogP contribution >= 0.6 is 0 Å². The minimum atomic E-state index is -4.42. The number of carbonyl (C=O) groups is 1. The lowest BCUT2D eigenvalue weighted by molar-refractivity contribution is -0.137. The number of nitriles is 1. The van der Waals surface area contributed by atoms with E-state index in [0.717, 1.165) is 17.7 Å². The fourth-order valence-corrected chi connectivity index (χ4v) is 4.81. The minimum absolute atomic E-state index is 0.269. The van der Waals surface area contributed by atoms with Gasteiger partial charge in [-0.05, 0) is 42.3 Å². The first-order chi connectivity index (χ1) is 19.3. The number of alkyl halides is 3. The molecule has 1 aliphatic rings. The maximum Gasteiger partial charge on any atom is 0.416 e. The predicted octanol–water partition coefficient (Wildman–Crippen LogP) is 4.94. The first-order valence-corrected chi connectivity index (χ1v) is 13.0. The number of fused-ring (bicyclic) bond motifs is 1. The Bertz CT molecular complexity index is 1530. The number of para-hydroxylation sites is 2. The number of piperazine rings is 1. The molecule has 1 aromatic heterocycles. The number of nitrogens with one attached hydrogen (secondary N) is 1. The highest BCUT2D eigenvalue weighted by molar-refractivity contribution is 5.89. The standard InChI is InChI=1S/C30H27F3N6O/c31-30(32,33)22-9-6-10-23(19-22)38-15-17-39(18-16-38)28-27(36-25-11-4-5-12-26(25)37-28)24(20-34)29(40)35-14-13-21-7-2-1-3-8-21/h1-12,19,24H,13-18H2,(H,35,40)/t24-/m1/s1. The average Bonchev–Trinajstić information content (AvgIpc) is 2.97. The van der Waals surface area contributed by atoms with E-state index in [9.17, 15) is 23.2 Å². The Morgan fingerprint density at radius 2 is 1.55 bits per heavy atom. The average molecular weight is 545 g/mol. The molecule has 3 aromatic carbocycles. The first-order valence-electron chi connectivity index (χ1n) is 13.0. The van der Waals surface area contributed by atoms with Crippen LogP contribution < -0.4 is 15.1 Å². The summed E-state index contributed by atoms with van der Waals surface area (Å²) in [6, 6.07) is 24.4. The second kappa shape index (κ2) is 11.6. The number of aromatic nitrogens is 2. The maximum atomic E-state index is 13.2. The minimum Gasteiger partial charge on any atom is -0.368 e. The number of hydrogen-bond acceptors (Lipinski definition) is 6. The highest BCUT2D eigenvalue weighted by Gasteiger charge is 2.32. The molecule has 1 fully saturated rings. The lowest BCUT2D eigenvalue weighted by Gasteiger charge is -2.37. The van der Waals surface area contributed by atoms with Crippen molar-refractivity contribution in [3.63, 3.8) is 0 Å². The molecule has 5 rings (SSSR count).